The van der Waals surface area contributed by atoms with Gasteiger partial charge in [0.15, 0.2) is 0 Å². The summed E-state index contributed by atoms with van der Waals surface area (Å²) in [6.07, 6.45) is 68.4. The lowest BCUT2D eigenvalue weighted by Crippen LogP contribution is -2.49. The van der Waals surface area contributed by atoms with E-state index in [0.717, 1.165) is 51.4 Å². The van der Waals surface area contributed by atoms with Crippen molar-refractivity contribution in [1.29, 1.82) is 0 Å². The van der Waals surface area contributed by atoms with Crippen LogP contribution in [0.15, 0.2) is 48.6 Å². The zero-order valence-electron chi connectivity index (χ0n) is 41.0. The third-order valence-electron chi connectivity index (χ3n) is 12.9. The van der Waals surface area contributed by atoms with Crippen LogP contribution in [0.1, 0.15) is 297 Å². The average Bonchev–Trinajstić information content (AvgIpc) is 3.25. The molecule has 0 aliphatic heterocycles. The molecule has 2 atom stereocenters. The van der Waals surface area contributed by atoms with Crippen molar-refractivity contribution in [2.75, 3.05) is 0 Å². The number of allylic oxidation sites excluding steroid dienone is 8. The van der Waals surface area contributed by atoms with Crippen LogP contribution in [-0.2, 0) is 0 Å². The minimum absolute atomic E-state index is 0.593. The summed E-state index contributed by atoms with van der Waals surface area (Å²) in [6.45, 7) is 6.81. The maximum atomic E-state index is 11.9. The van der Waals surface area contributed by atoms with E-state index in [1.54, 1.807) is 0 Å². The SMILES string of the molecule is CCCCC/C=C\C/C=C\CCCCCCCCC(O)(CCCCCCCC/C=C\C/C=C\CCCCC)C(O)C(O)CCCCCCCCCCCCCCCCCC. The minimum atomic E-state index is -1.18. The van der Waals surface area contributed by atoms with Gasteiger partial charge in [0, 0.05) is 0 Å². The molecule has 0 aliphatic carbocycles. The second-order valence-electron chi connectivity index (χ2n) is 18.9. The predicted octanol–water partition coefficient (Wildman–Crippen LogP) is 18.5. The maximum Gasteiger partial charge on any atom is 0.108 e. The highest BCUT2D eigenvalue weighted by Crippen LogP contribution is 2.30. The summed E-state index contributed by atoms with van der Waals surface area (Å²) in [4.78, 5) is 0. The van der Waals surface area contributed by atoms with Gasteiger partial charge in [-0.15, -0.1) is 0 Å². The van der Waals surface area contributed by atoms with E-state index in [1.807, 2.05) is 0 Å². The molecule has 2 unspecified atom stereocenters. The second kappa shape index (κ2) is 48.9. The summed E-state index contributed by atoms with van der Waals surface area (Å²) >= 11 is 0. The molecule has 60 heavy (non-hydrogen) atoms. The van der Waals surface area contributed by atoms with Gasteiger partial charge in [-0.3, -0.25) is 0 Å². The zero-order valence-corrected chi connectivity index (χ0v) is 41.0. The van der Waals surface area contributed by atoms with E-state index in [2.05, 4.69) is 69.4 Å². The third kappa shape index (κ3) is 42.2. The maximum absolute atomic E-state index is 11.9. The van der Waals surface area contributed by atoms with E-state index in [4.69, 9.17) is 0 Å². The van der Waals surface area contributed by atoms with Crippen molar-refractivity contribution in [3.05, 3.63) is 48.6 Å². The number of aliphatic hydroxyl groups is 3. The fourth-order valence-electron chi connectivity index (χ4n) is 8.68. The number of unbranched alkanes of at least 4 members (excludes halogenated alkanes) is 33. The molecule has 354 valence electrons. The van der Waals surface area contributed by atoms with Crippen molar-refractivity contribution >= 4 is 0 Å². The number of hydrogen-bond donors (Lipinski definition) is 3. The Hall–Kier alpha value is -1.16. The van der Waals surface area contributed by atoms with Crippen LogP contribution in [0.2, 0.25) is 0 Å². The van der Waals surface area contributed by atoms with Gasteiger partial charge in [0.2, 0.25) is 0 Å². The fourth-order valence-corrected chi connectivity index (χ4v) is 8.68. The van der Waals surface area contributed by atoms with Crippen LogP contribution in [0.4, 0.5) is 0 Å². The van der Waals surface area contributed by atoms with Crippen LogP contribution >= 0.6 is 0 Å². The van der Waals surface area contributed by atoms with Gasteiger partial charge in [-0.2, -0.15) is 0 Å². The first-order valence-electron chi connectivity index (χ1n) is 27.2. The van der Waals surface area contributed by atoms with Gasteiger partial charge in [-0.05, 0) is 83.5 Å². The Morgan fingerprint density at radius 3 is 0.900 bits per heavy atom. The molecule has 0 bridgehead atoms. The first-order chi connectivity index (χ1) is 29.5. The molecule has 0 aromatic heterocycles. The fraction of sp³-hybridized carbons (Fsp3) is 0.860. The Labute approximate surface area is 377 Å². The summed E-state index contributed by atoms with van der Waals surface area (Å²) in [5, 5.41) is 34.4. The molecule has 0 spiro atoms. The molecule has 0 rings (SSSR count). The molecule has 0 heterocycles. The lowest BCUT2D eigenvalue weighted by molar-refractivity contribution is -0.136. The largest absolute Gasteiger partial charge is 0.390 e. The Morgan fingerprint density at radius 1 is 0.317 bits per heavy atom. The van der Waals surface area contributed by atoms with Crippen LogP contribution in [0, 0.1) is 0 Å². The molecule has 0 saturated carbocycles. The van der Waals surface area contributed by atoms with Gasteiger partial charge in [0.25, 0.3) is 0 Å². The zero-order chi connectivity index (χ0) is 43.7. The predicted molar refractivity (Wildman–Crippen MR) is 269 cm³/mol. The minimum Gasteiger partial charge on any atom is -0.390 e. The Bertz CT molecular complexity index is 886. The van der Waals surface area contributed by atoms with Crippen LogP contribution in [0.3, 0.4) is 0 Å². The van der Waals surface area contributed by atoms with Crippen molar-refractivity contribution in [3.8, 4) is 0 Å². The molecule has 0 amide bonds. The van der Waals surface area contributed by atoms with Gasteiger partial charge in [-0.25, -0.2) is 0 Å². The van der Waals surface area contributed by atoms with Gasteiger partial charge in [0.05, 0.1) is 11.7 Å². The van der Waals surface area contributed by atoms with E-state index in [-0.39, 0.29) is 0 Å². The number of hydrogen-bond acceptors (Lipinski definition) is 3. The topological polar surface area (TPSA) is 60.7 Å². The van der Waals surface area contributed by atoms with Crippen molar-refractivity contribution in [1.82, 2.24) is 0 Å². The van der Waals surface area contributed by atoms with Gasteiger partial charge < -0.3 is 15.3 Å². The molecule has 0 aromatic rings. The smallest absolute Gasteiger partial charge is 0.108 e. The molecule has 3 heteroatoms. The van der Waals surface area contributed by atoms with Crippen molar-refractivity contribution < 1.29 is 15.3 Å². The molecular weight excluding hydrogens is 733 g/mol. The van der Waals surface area contributed by atoms with E-state index < -0.39 is 17.8 Å². The Morgan fingerprint density at radius 2 is 0.567 bits per heavy atom. The highest BCUT2D eigenvalue weighted by molar-refractivity contribution is 4.94. The molecule has 0 fully saturated rings. The summed E-state index contributed by atoms with van der Waals surface area (Å²) in [5.41, 5.74) is -1.18. The highest BCUT2D eigenvalue weighted by atomic mass is 16.4. The summed E-state index contributed by atoms with van der Waals surface area (Å²) in [5.74, 6) is 0. The molecular formula is C57H108O3. The number of rotatable bonds is 49. The first-order valence-corrected chi connectivity index (χ1v) is 27.2. The van der Waals surface area contributed by atoms with Crippen molar-refractivity contribution in [2.45, 2.75) is 315 Å². The first kappa shape index (κ1) is 58.8. The van der Waals surface area contributed by atoms with E-state index >= 15 is 0 Å². The summed E-state index contributed by atoms with van der Waals surface area (Å²) < 4.78 is 0. The van der Waals surface area contributed by atoms with Crippen LogP contribution in [-0.4, -0.2) is 33.1 Å². The molecule has 0 aliphatic rings. The summed E-state index contributed by atoms with van der Waals surface area (Å²) in [6, 6.07) is 0. The van der Waals surface area contributed by atoms with Gasteiger partial charge in [-0.1, -0.05) is 262 Å². The standard InChI is InChI=1S/C57H108O3/c1-4-7-10-13-16-19-22-25-28-31-34-37-40-43-46-49-52-55(58)56(59)57(60,53-50-47-44-41-38-35-32-29-26-23-20-17-14-11-8-5-2)54-51-48-45-42-39-36-33-30-27-24-21-18-15-12-9-6-3/h17-18,20-21,26-27,29-30,55-56,58-60H,4-16,19,22-25,28,31-54H2,1-3H3/b20-17-,21-18-,29-26-,30-27-. The summed E-state index contributed by atoms with van der Waals surface area (Å²) in [7, 11) is 0. The van der Waals surface area contributed by atoms with Gasteiger partial charge >= 0.3 is 0 Å². The molecule has 0 radical (unpaired) electrons. The quantitative estimate of drug-likeness (QED) is 0.0422. The van der Waals surface area contributed by atoms with Crippen LogP contribution in [0.5, 0.6) is 0 Å². The molecule has 3 nitrogen and oxygen atoms in total. The van der Waals surface area contributed by atoms with Gasteiger partial charge in [0.1, 0.15) is 6.10 Å². The van der Waals surface area contributed by atoms with E-state index in [0.29, 0.717) is 19.3 Å². The van der Waals surface area contributed by atoms with E-state index in [9.17, 15) is 15.3 Å². The second-order valence-corrected chi connectivity index (χ2v) is 18.9. The third-order valence-corrected chi connectivity index (χ3v) is 12.9. The number of aliphatic hydroxyl groups excluding tert-OH is 2. The Kier molecular flexibility index (Phi) is 47.9. The lowest BCUT2D eigenvalue weighted by atomic mass is 9.81. The van der Waals surface area contributed by atoms with Crippen molar-refractivity contribution in [2.24, 2.45) is 0 Å². The molecule has 0 saturated heterocycles. The monoisotopic (exact) mass is 841 g/mol. The Balaban J connectivity index is 4.44. The molecule has 3 N–H and O–H groups in total. The lowest BCUT2D eigenvalue weighted by Gasteiger charge is -2.36. The van der Waals surface area contributed by atoms with E-state index in [1.165, 1.54) is 205 Å². The normalized spacial score (nSPS) is 13.6. The average molecular weight is 841 g/mol. The molecule has 0 aromatic carbocycles. The van der Waals surface area contributed by atoms with Crippen molar-refractivity contribution in [3.63, 3.8) is 0 Å². The highest BCUT2D eigenvalue weighted by Gasteiger charge is 2.38. The van der Waals surface area contributed by atoms with Crippen LogP contribution < -0.4 is 0 Å². The van der Waals surface area contributed by atoms with Crippen LogP contribution in [0.25, 0.3) is 0 Å².